The Labute approximate surface area is 188 Å². The fourth-order valence-corrected chi connectivity index (χ4v) is 5.68. The van der Waals surface area contributed by atoms with E-state index in [9.17, 15) is 14.4 Å². The summed E-state index contributed by atoms with van der Waals surface area (Å²) in [5.41, 5.74) is 0.948. The Hall–Kier alpha value is -2.57. The number of benzene rings is 2. The first kappa shape index (κ1) is 20.3. The van der Waals surface area contributed by atoms with Gasteiger partial charge in [-0.3, -0.25) is 14.4 Å². The highest BCUT2D eigenvalue weighted by Crippen LogP contribution is 2.57. The predicted octanol–water partition coefficient (Wildman–Crippen LogP) is 4.39. The van der Waals surface area contributed by atoms with E-state index < -0.39 is 0 Å². The highest BCUT2D eigenvalue weighted by molar-refractivity contribution is 6.36. The lowest BCUT2D eigenvalue weighted by Gasteiger charge is -2.23. The van der Waals surface area contributed by atoms with Crippen molar-refractivity contribution in [3.8, 4) is 5.75 Å². The van der Waals surface area contributed by atoms with Crippen molar-refractivity contribution in [3.63, 3.8) is 0 Å². The van der Waals surface area contributed by atoms with Gasteiger partial charge in [-0.25, -0.2) is 0 Å². The number of carbonyl (C=O) groups excluding carboxylic acids is 3. The molecule has 1 aliphatic heterocycles. The molecule has 2 aliphatic carbocycles. The molecule has 160 valence electrons. The van der Waals surface area contributed by atoms with E-state index in [0.717, 1.165) is 12.8 Å². The summed E-state index contributed by atoms with van der Waals surface area (Å²) in [6, 6.07) is 11.4. The molecule has 2 saturated carbocycles. The molecule has 6 nitrogen and oxygen atoms in total. The number of ether oxygens (including phenoxy) is 2. The number of amides is 1. The Morgan fingerprint density at radius 3 is 2.61 bits per heavy atom. The first-order valence-corrected chi connectivity index (χ1v) is 10.9. The van der Waals surface area contributed by atoms with Gasteiger partial charge in [-0.1, -0.05) is 23.2 Å². The van der Waals surface area contributed by atoms with Crippen LogP contribution in [0.25, 0.3) is 0 Å². The predicted molar refractivity (Wildman–Crippen MR) is 114 cm³/mol. The minimum atomic E-state index is -0.325. The maximum Gasteiger partial charge on any atom is 0.310 e. The largest absolute Gasteiger partial charge is 0.485 e. The third kappa shape index (κ3) is 3.68. The van der Waals surface area contributed by atoms with Crippen LogP contribution in [0.1, 0.15) is 23.2 Å². The van der Waals surface area contributed by atoms with Gasteiger partial charge in [0.05, 0.1) is 16.9 Å². The molecular weight excluding hydrogens is 441 g/mol. The van der Waals surface area contributed by atoms with Gasteiger partial charge in [0.25, 0.3) is 0 Å². The molecule has 0 radical (unpaired) electrons. The Bertz CT molecular complexity index is 1070. The number of nitrogens with one attached hydrogen (secondary N) is 1. The number of carbonyl (C=O) groups is 3. The molecular formula is C23H19Cl2NO5. The van der Waals surface area contributed by atoms with Crippen LogP contribution in [0.15, 0.2) is 42.5 Å². The highest BCUT2D eigenvalue weighted by Gasteiger charge is 2.63. The molecule has 2 aromatic carbocycles. The zero-order valence-electron chi connectivity index (χ0n) is 16.3. The Balaban J connectivity index is 1.18. The number of hydrogen-bond donors (Lipinski definition) is 1. The van der Waals surface area contributed by atoms with Crippen LogP contribution in [-0.2, 0) is 14.3 Å². The smallest absolute Gasteiger partial charge is 0.310 e. The van der Waals surface area contributed by atoms with Gasteiger partial charge in [0.2, 0.25) is 11.7 Å². The molecule has 2 aromatic rings. The molecule has 1 N–H and O–H groups in total. The van der Waals surface area contributed by atoms with Gasteiger partial charge in [-0.2, -0.15) is 0 Å². The summed E-state index contributed by atoms with van der Waals surface area (Å²) in [5, 5.41) is 3.63. The third-order valence-electron chi connectivity index (χ3n) is 6.51. The van der Waals surface area contributed by atoms with Gasteiger partial charge in [0.1, 0.15) is 11.9 Å². The van der Waals surface area contributed by atoms with Gasteiger partial charge in [0.15, 0.2) is 6.61 Å². The average molecular weight is 460 g/mol. The first-order chi connectivity index (χ1) is 14.9. The Morgan fingerprint density at radius 1 is 1.10 bits per heavy atom. The monoisotopic (exact) mass is 459 g/mol. The summed E-state index contributed by atoms with van der Waals surface area (Å²) < 4.78 is 10.9. The van der Waals surface area contributed by atoms with Gasteiger partial charge >= 0.3 is 5.97 Å². The molecule has 5 rings (SSSR count). The zero-order chi connectivity index (χ0) is 21.7. The Kier molecular flexibility index (Phi) is 5.15. The zero-order valence-corrected chi connectivity index (χ0v) is 17.9. The Morgan fingerprint density at radius 2 is 1.87 bits per heavy atom. The molecule has 3 fully saturated rings. The SMILES string of the molecule is O=C(COc1ccc(NC(=O)[C@@H]2[C@@H]3C[C@@H]4[C@H]2C(=O)O[C@@H]4C3)cc1)c1ccc(Cl)cc1Cl. The number of anilines is 1. The van der Waals surface area contributed by atoms with Crippen LogP contribution in [0.4, 0.5) is 5.69 Å². The van der Waals surface area contributed by atoms with Gasteiger partial charge in [-0.15, -0.1) is 0 Å². The van der Waals surface area contributed by atoms with E-state index in [1.807, 2.05) is 0 Å². The second-order valence-corrected chi connectivity index (χ2v) is 9.12. The maximum absolute atomic E-state index is 12.8. The molecule has 5 atom stereocenters. The van der Waals surface area contributed by atoms with E-state index in [-0.39, 0.29) is 59.1 Å². The van der Waals surface area contributed by atoms with E-state index in [1.54, 1.807) is 36.4 Å². The van der Waals surface area contributed by atoms with Crippen molar-refractivity contribution in [3.05, 3.63) is 58.1 Å². The number of ketones is 1. The number of halogens is 2. The molecule has 0 spiro atoms. The van der Waals surface area contributed by atoms with Crippen LogP contribution in [-0.4, -0.2) is 30.4 Å². The van der Waals surface area contributed by atoms with Crippen molar-refractivity contribution >= 4 is 46.5 Å². The molecule has 1 amide bonds. The quantitative estimate of drug-likeness (QED) is 0.511. The topological polar surface area (TPSA) is 81.7 Å². The third-order valence-corrected chi connectivity index (χ3v) is 7.06. The summed E-state index contributed by atoms with van der Waals surface area (Å²) in [6.45, 7) is -0.177. The van der Waals surface area contributed by atoms with Crippen LogP contribution in [0.2, 0.25) is 10.0 Å². The number of hydrogen-bond acceptors (Lipinski definition) is 5. The van der Waals surface area contributed by atoms with E-state index >= 15 is 0 Å². The van der Waals surface area contributed by atoms with Gasteiger partial charge < -0.3 is 14.8 Å². The second kappa shape index (κ2) is 7.84. The minimum absolute atomic E-state index is 0.00782. The summed E-state index contributed by atoms with van der Waals surface area (Å²) in [7, 11) is 0. The van der Waals surface area contributed by atoms with Crippen molar-refractivity contribution in [1.29, 1.82) is 0 Å². The summed E-state index contributed by atoms with van der Waals surface area (Å²) >= 11 is 11.9. The average Bonchev–Trinajstić information content (AvgIpc) is 3.36. The summed E-state index contributed by atoms with van der Waals surface area (Å²) in [5.74, 6) is -0.391. The molecule has 1 saturated heterocycles. The van der Waals surface area contributed by atoms with Crippen molar-refractivity contribution < 1.29 is 23.9 Å². The van der Waals surface area contributed by atoms with Crippen LogP contribution in [0.5, 0.6) is 5.75 Å². The van der Waals surface area contributed by atoms with Crippen LogP contribution in [0, 0.1) is 23.7 Å². The van der Waals surface area contributed by atoms with Crippen LogP contribution >= 0.6 is 23.2 Å². The minimum Gasteiger partial charge on any atom is -0.485 e. The fourth-order valence-electron chi connectivity index (χ4n) is 5.17. The molecule has 2 bridgehead atoms. The molecule has 1 heterocycles. The first-order valence-electron chi connectivity index (χ1n) is 10.1. The lowest BCUT2D eigenvalue weighted by molar-refractivity contribution is -0.145. The normalized spacial score (nSPS) is 27.8. The van der Waals surface area contributed by atoms with Crippen LogP contribution < -0.4 is 10.1 Å². The maximum atomic E-state index is 12.8. The van der Waals surface area contributed by atoms with E-state index in [1.165, 1.54) is 6.07 Å². The van der Waals surface area contributed by atoms with E-state index in [4.69, 9.17) is 32.7 Å². The lowest BCUT2D eigenvalue weighted by atomic mass is 9.79. The van der Waals surface area contributed by atoms with Crippen molar-refractivity contribution in [2.45, 2.75) is 18.9 Å². The number of esters is 1. The number of rotatable bonds is 6. The molecule has 3 aliphatic rings. The second-order valence-electron chi connectivity index (χ2n) is 8.27. The molecule has 31 heavy (non-hydrogen) atoms. The number of fused-ring (bicyclic) bond motifs is 1. The lowest BCUT2D eigenvalue weighted by Crippen LogP contribution is -2.35. The molecule has 0 aromatic heterocycles. The van der Waals surface area contributed by atoms with E-state index in [2.05, 4.69) is 5.32 Å². The standard InChI is InChI=1S/C23H19Cl2NO5/c24-12-1-6-15(17(25)9-12)18(27)10-30-14-4-2-13(3-5-14)26-22(28)20-11-7-16-19(8-11)31-23(29)21(16)20/h1-6,9,11,16,19-21H,7-8,10H2,(H,26,28)/t11-,16+,19-,20-,21-/m1/s1. The van der Waals surface area contributed by atoms with Gasteiger partial charge in [0, 0.05) is 22.2 Å². The van der Waals surface area contributed by atoms with Crippen LogP contribution in [0.3, 0.4) is 0 Å². The van der Waals surface area contributed by atoms with Crippen molar-refractivity contribution in [2.24, 2.45) is 23.7 Å². The fraction of sp³-hybridized carbons (Fsp3) is 0.348. The van der Waals surface area contributed by atoms with Crippen molar-refractivity contribution in [1.82, 2.24) is 0 Å². The van der Waals surface area contributed by atoms with Gasteiger partial charge in [-0.05, 0) is 61.2 Å². The highest BCUT2D eigenvalue weighted by atomic mass is 35.5. The summed E-state index contributed by atoms with van der Waals surface area (Å²) in [6.07, 6.45) is 1.68. The number of Topliss-reactive ketones (excluding diaryl/α,β-unsaturated/α-hetero) is 1. The molecule has 0 unspecified atom stereocenters. The molecule has 8 heteroatoms. The summed E-state index contributed by atoms with van der Waals surface area (Å²) in [4.78, 5) is 37.3. The van der Waals surface area contributed by atoms with E-state index in [0.29, 0.717) is 22.0 Å². The van der Waals surface area contributed by atoms with Crippen molar-refractivity contribution in [2.75, 3.05) is 11.9 Å².